The van der Waals surface area contributed by atoms with Gasteiger partial charge >= 0.3 is 0 Å². The van der Waals surface area contributed by atoms with E-state index >= 15 is 0 Å². The zero-order valence-electron chi connectivity index (χ0n) is 12.5. The summed E-state index contributed by atoms with van der Waals surface area (Å²) in [6.45, 7) is 1.98. The Morgan fingerprint density at radius 2 is 2.09 bits per heavy atom. The molecule has 0 aliphatic heterocycles. The molecule has 1 heterocycles. The zero-order chi connectivity index (χ0) is 15.5. The van der Waals surface area contributed by atoms with E-state index in [1.165, 1.54) is 5.69 Å². The van der Waals surface area contributed by atoms with Gasteiger partial charge < -0.3 is 9.72 Å². The van der Waals surface area contributed by atoms with Crippen LogP contribution in [0.5, 0.6) is 5.75 Å². The monoisotopic (exact) mass is 315 g/mol. The Kier molecular flexibility index (Phi) is 4.35. The fraction of sp³-hybridized carbons (Fsp3) is 0.412. The number of aryl methyl sites for hydroxylation is 1. The fourth-order valence-electron chi connectivity index (χ4n) is 2.99. The predicted molar refractivity (Wildman–Crippen MR) is 85.1 cm³/mol. The van der Waals surface area contributed by atoms with Crippen LogP contribution in [-0.2, 0) is 0 Å². The smallest absolute Gasteiger partial charge is 0.121 e. The van der Waals surface area contributed by atoms with Crippen LogP contribution in [0.4, 0.5) is 0 Å². The van der Waals surface area contributed by atoms with Crippen LogP contribution in [0.2, 0.25) is 5.02 Å². The quantitative estimate of drug-likeness (QED) is 0.916. The van der Waals surface area contributed by atoms with Crippen molar-refractivity contribution in [2.24, 2.45) is 0 Å². The molecule has 5 heteroatoms. The summed E-state index contributed by atoms with van der Waals surface area (Å²) >= 11 is 6.04. The number of hydrogen-bond donors (Lipinski definition) is 1. The third-order valence-corrected chi connectivity index (χ3v) is 4.51. The minimum atomic E-state index is 0.212. The lowest BCUT2D eigenvalue weighted by Gasteiger charge is -2.28. The number of hydrogen-bond acceptors (Lipinski definition) is 3. The minimum absolute atomic E-state index is 0.212. The summed E-state index contributed by atoms with van der Waals surface area (Å²) in [7, 11) is 0. The van der Waals surface area contributed by atoms with Gasteiger partial charge in [-0.15, -0.1) is 0 Å². The Labute approximate surface area is 135 Å². The molecule has 1 aliphatic rings. The van der Waals surface area contributed by atoms with Gasteiger partial charge in [0, 0.05) is 23.9 Å². The molecular formula is C17H18ClN3O. The number of ether oxygens (including phenoxy) is 1. The number of nitrogens with one attached hydrogen (secondary N) is 1. The Bertz CT molecular complexity index is 696. The van der Waals surface area contributed by atoms with Crippen LogP contribution in [0.25, 0.3) is 0 Å². The normalized spacial score (nSPS) is 21.3. The van der Waals surface area contributed by atoms with Crippen molar-refractivity contribution in [3.8, 4) is 11.8 Å². The van der Waals surface area contributed by atoms with E-state index in [0.29, 0.717) is 16.5 Å². The van der Waals surface area contributed by atoms with Crippen molar-refractivity contribution < 1.29 is 4.74 Å². The second-order valence-electron chi connectivity index (χ2n) is 5.77. The molecule has 0 saturated heterocycles. The van der Waals surface area contributed by atoms with E-state index in [0.717, 1.165) is 37.3 Å². The van der Waals surface area contributed by atoms with Gasteiger partial charge in [-0.1, -0.05) is 11.6 Å². The summed E-state index contributed by atoms with van der Waals surface area (Å²) in [5, 5.41) is 9.33. The van der Waals surface area contributed by atoms with Crippen molar-refractivity contribution in [2.75, 3.05) is 0 Å². The van der Waals surface area contributed by atoms with Gasteiger partial charge in [0.05, 0.1) is 16.7 Å². The second kappa shape index (κ2) is 6.41. The number of imidazole rings is 1. The van der Waals surface area contributed by atoms with Crippen LogP contribution in [0.3, 0.4) is 0 Å². The largest absolute Gasteiger partial charge is 0.490 e. The van der Waals surface area contributed by atoms with Crippen molar-refractivity contribution in [3.63, 3.8) is 0 Å². The first-order valence-corrected chi connectivity index (χ1v) is 7.91. The van der Waals surface area contributed by atoms with Gasteiger partial charge in [-0.2, -0.15) is 5.26 Å². The maximum Gasteiger partial charge on any atom is 0.121 e. The van der Waals surface area contributed by atoms with Gasteiger partial charge in [-0.3, -0.25) is 0 Å². The average Bonchev–Trinajstić information content (AvgIpc) is 2.95. The third kappa shape index (κ3) is 3.26. The molecule has 0 radical (unpaired) electrons. The molecule has 1 N–H and O–H groups in total. The molecule has 1 aromatic heterocycles. The zero-order valence-corrected chi connectivity index (χ0v) is 13.2. The van der Waals surface area contributed by atoms with E-state index in [4.69, 9.17) is 21.6 Å². The molecule has 4 nitrogen and oxygen atoms in total. The number of aromatic amines is 1. The lowest BCUT2D eigenvalue weighted by atomic mass is 9.85. The lowest BCUT2D eigenvalue weighted by molar-refractivity contribution is 0.146. The lowest BCUT2D eigenvalue weighted by Crippen LogP contribution is -2.23. The molecule has 0 spiro atoms. The van der Waals surface area contributed by atoms with Crippen molar-refractivity contribution in [2.45, 2.75) is 44.6 Å². The van der Waals surface area contributed by atoms with Gasteiger partial charge in [-0.05, 0) is 44.7 Å². The predicted octanol–water partition coefficient (Wildman–Crippen LogP) is 4.35. The fourth-order valence-corrected chi connectivity index (χ4v) is 3.20. The summed E-state index contributed by atoms with van der Waals surface area (Å²) < 4.78 is 6.01. The molecular weight excluding hydrogens is 298 g/mol. The molecule has 0 bridgehead atoms. The Morgan fingerprint density at radius 3 is 2.68 bits per heavy atom. The highest BCUT2D eigenvalue weighted by Crippen LogP contribution is 2.34. The van der Waals surface area contributed by atoms with E-state index in [9.17, 15) is 0 Å². The van der Waals surface area contributed by atoms with E-state index in [2.05, 4.69) is 16.0 Å². The van der Waals surface area contributed by atoms with Crippen molar-refractivity contribution in [1.82, 2.24) is 9.97 Å². The standard InChI is InChI=1S/C17H18ClN3O/c1-11-20-10-17(21-11)12-2-5-14(6-3-12)22-15-7-4-13(9-19)16(18)8-15/h4,7-8,10,12,14H,2-3,5-6H2,1H3,(H,20,21). The van der Waals surface area contributed by atoms with Crippen molar-refractivity contribution in [1.29, 1.82) is 5.26 Å². The number of nitrogens with zero attached hydrogens (tertiary/aromatic N) is 2. The number of H-pyrrole nitrogens is 1. The number of halogens is 1. The number of benzene rings is 1. The summed E-state index contributed by atoms with van der Waals surface area (Å²) in [5.41, 5.74) is 1.71. The van der Waals surface area contributed by atoms with Gasteiger partial charge in [0.25, 0.3) is 0 Å². The van der Waals surface area contributed by atoms with Crippen LogP contribution >= 0.6 is 11.6 Å². The second-order valence-corrected chi connectivity index (χ2v) is 6.18. The van der Waals surface area contributed by atoms with E-state index in [1.54, 1.807) is 12.1 Å². The highest BCUT2D eigenvalue weighted by atomic mass is 35.5. The number of rotatable bonds is 3. The van der Waals surface area contributed by atoms with Gasteiger partial charge in [0.15, 0.2) is 0 Å². The van der Waals surface area contributed by atoms with Crippen LogP contribution < -0.4 is 4.74 Å². The molecule has 0 amide bonds. The first-order valence-electron chi connectivity index (χ1n) is 7.53. The van der Waals surface area contributed by atoms with Crippen LogP contribution in [0.1, 0.15) is 48.7 Å². The van der Waals surface area contributed by atoms with Gasteiger partial charge in [0.1, 0.15) is 17.6 Å². The minimum Gasteiger partial charge on any atom is -0.490 e. The van der Waals surface area contributed by atoms with Gasteiger partial charge in [-0.25, -0.2) is 4.98 Å². The highest BCUT2D eigenvalue weighted by molar-refractivity contribution is 6.31. The summed E-state index contributed by atoms with van der Waals surface area (Å²) in [5.74, 6) is 2.26. The highest BCUT2D eigenvalue weighted by Gasteiger charge is 2.24. The molecule has 3 rings (SSSR count). The van der Waals surface area contributed by atoms with E-state index in [-0.39, 0.29) is 6.10 Å². The Hall–Kier alpha value is -1.99. The number of aromatic nitrogens is 2. The Morgan fingerprint density at radius 1 is 1.32 bits per heavy atom. The first-order chi connectivity index (χ1) is 10.7. The van der Waals surface area contributed by atoms with Gasteiger partial charge in [0.2, 0.25) is 0 Å². The molecule has 1 aliphatic carbocycles. The first kappa shape index (κ1) is 14.9. The average molecular weight is 316 g/mol. The van der Waals surface area contributed by atoms with Crippen molar-refractivity contribution >= 4 is 11.6 Å². The van der Waals surface area contributed by atoms with Crippen molar-refractivity contribution in [3.05, 3.63) is 46.5 Å². The summed E-state index contributed by atoms with van der Waals surface area (Å²) in [6.07, 6.45) is 6.37. The van der Waals surface area contributed by atoms with E-state index in [1.807, 2.05) is 19.2 Å². The molecule has 0 atom stereocenters. The van der Waals surface area contributed by atoms with Crippen LogP contribution in [0, 0.1) is 18.3 Å². The SMILES string of the molecule is Cc1ncc(C2CCC(Oc3ccc(C#N)c(Cl)c3)CC2)[nH]1. The maximum atomic E-state index is 8.89. The Balaban J connectivity index is 1.58. The molecule has 1 saturated carbocycles. The van der Waals surface area contributed by atoms with Crippen LogP contribution in [-0.4, -0.2) is 16.1 Å². The molecule has 1 fully saturated rings. The number of nitriles is 1. The molecule has 1 aromatic carbocycles. The maximum absolute atomic E-state index is 8.89. The van der Waals surface area contributed by atoms with E-state index < -0.39 is 0 Å². The molecule has 0 unspecified atom stereocenters. The third-order valence-electron chi connectivity index (χ3n) is 4.20. The molecule has 22 heavy (non-hydrogen) atoms. The van der Waals surface area contributed by atoms with Crippen LogP contribution in [0.15, 0.2) is 24.4 Å². The summed E-state index contributed by atoms with van der Waals surface area (Å²) in [6, 6.07) is 7.30. The summed E-state index contributed by atoms with van der Waals surface area (Å²) in [4.78, 5) is 7.61. The molecule has 2 aromatic rings. The topological polar surface area (TPSA) is 61.7 Å². The molecule has 114 valence electrons.